The summed E-state index contributed by atoms with van der Waals surface area (Å²) in [6.07, 6.45) is 18.7. The molecule has 0 amide bonds. The highest BCUT2D eigenvalue weighted by Gasteiger charge is 2.21. The minimum absolute atomic E-state index is 0.269. The van der Waals surface area contributed by atoms with Crippen molar-refractivity contribution in [3.8, 4) is 0 Å². The molecule has 1 aromatic carbocycles. The minimum atomic E-state index is -0.269. The average Bonchev–Trinajstić information content (AvgIpc) is 2.60. The van der Waals surface area contributed by atoms with Crippen molar-refractivity contribution in [2.24, 2.45) is 0 Å². The van der Waals surface area contributed by atoms with Gasteiger partial charge in [0.1, 0.15) is 0 Å². The standard InChI is InChI=1S/C25H43Cl/c1-5-7-9-11-13-15-18-22-19-17-21-24(25(3,4)26)23(22)20-16-14-12-10-8-6-2/h17,19,21H,5-16,18,20H2,1-4H3. The highest BCUT2D eigenvalue weighted by atomic mass is 35.5. The van der Waals surface area contributed by atoms with Crippen LogP contribution in [-0.2, 0) is 17.7 Å². The van der Waals surface area contributed by atoms with Crippen LogP contribution in [0.2, 0.25) is 0 Å². The molecule has 0 aliphatic rings. The highest BCUT2D eigenvalue weighted by molar-refractivity contribution is 6.23. The molecule has 150 valence electrons. The Kier molecular flexibility index (Phi) is 12.4. The molecular formula is C25H43Cl. The zero-order chi connectivity index (χ0) is 19.3. The van der Waals surface area contributed by atoms with Crippen molar-refractivity contribution < 1.29 is 0 Å². The van der Waals surface area contributed by atoms with E-state index < -0.39 is 0 Å². The molecule has 1 rings (SSSR count). The van der Waals surface area contributed by atoms with E-state index in [1.807, 2.05) is 0 Å². The maximum atomic E-state index is 6.74. The second-order valence-corrected chi connectivity index (χ2v) is 9.40. The van der Waals surface area contributed by atoms with E-state index in [1.54, 1.807) is 11.1 Å². The van der Waals surface area contributed by atoms with Gasteiger partial charge in [0.25, 0.3) is 0 Å². The van der Waals surface area contributed by atoms with Crippen LogP contribution in [0.3, 0.4) is 0 Å². The molecule has 0 fully saturated rings. The lowest BCUT2D eigenvalue weighted by atomic mass is 9.87. The van der Waals surface area contributed by atoms with Crippen molar-refractivity contribution in [2.45, 2.75) is 122 Å². The van der Waals surface area contributed by atoms with Crippen molar-refractivity contribution in [1.29, 1.82) is 0 Å². The van der Waals surface area contributed by atoms with Crippen LogP contribution in [-0.4, -0.2) is 0 Å². The zero-order valence-electron chi connectivity index (χ0n) is 18.0. The van der Waals surface area contributed by atoms with Crippen LogP contribution in [0.5, 0.6) is 0 Å². The first kappa shape index (κ1) is 23.5. The molecular weight excluding hydrogens is 336 g/mol. The van der Waals surface area contributed by atoms with Crippen LogP contribution >= 0.6 is 11.6 Å². The average molecular weight is 379 g/mol. The van der Waals surface area contributed by atoms with Crippen LogP contribution in [0, 0.1) is 0 Å². The topological polar surface area (TPSA) is 0 Å². The van der Waals surface area contributed by atoms with Crippen molar-refractivity contribution in [2.75, 3.05) is 0 Å². The number of halogens is 1. The molecule has 0 aliphatic heterocycles. The molecule has 0 heterocycles. The molecule has 0 N–H and O–H groups in total. The summed E-state index contributed by atoms with van der Waals surface area (Å²) in [5.74, 6) is 0. The summed E-state index contributed by atoms with van der Waals surface area (Å²) < 4.78 is 0. The van der Waals surface area contributed by atoms with E-state index in [4.69, 9.17) is 11.6 Å². The number of hydrogen-bond donors (Lipinski definition) is 0. The lowest BCUT2D eigenvalue weighted by molar-refractivity contribution is 0.595. The number of alkyl halides is 1. The van der Waals surface area contributed by atoms with Gasteiger partial charge in [-0.15, -0.1) is 11.6 Å². The summed E-state index contributed by atoms with van der Waals surface area (Å²) in [4.78, 5) is -0.269. The fourth-order valence-corrected chi connectivity index (χ4v) is 4.08. The lowest BCUT2D eigenvalue weighted by Gasteiger charge is -2.23. The first-order valence-electron chi connectivity index (χ1n) is 11.3. The summed E-state index contributed by atoms with van der Waals surface area (Å²) in [6.45, 7) is 8.85. The van der Waals surface area contributed by atoms with Crippen LogP contribution in [0.4, 0.5) is 0 Å². The van der Waals surface area contributed by atoms with Gasteiger partial charge in [-0.3, -0.25) is 0 Å². The van der Waals surface area contributed by atoms with Crippen molar-refractivity contribution in [3.05, 3.63) is 34.9 Å². The van der Waals surface area contributed by atoms with Gasteiger partial charge in [0.05, 0.1) is 4.87 Å². The Labute approximate surface area is 169 Å². The van der Waals surface area contributed by atoms with E-state index in [-0.39, 0.29) is 4.87 Å². The smallest absolute Gasteiger partial charge is 0.0641 e. The van der Waals surface area contributed by atoms with Gasteiger partial charge in [0, 0.05) is 0 Å². The van der Waals surface area contributed by atoms with Crippen LogP contribution < -0.4 is 0 Å². The van der Waals surface area contributed by atoms with Gasteiger partial charge in [-0.25, -0.2) is 0 Å². The number of rotatable bonds is 15. The molecule has 0 saturated carbocycles. The van der Waals surface area contributed by atoms with Crippen LogP contribution in [0.1, 0.15) is 121 Å². The van der Waals surface area contributed by atoms with Crippen LogP contribution in [0.15, 0.2) is 18.2 Å². The Bertz CT molecular complexity index is 470. The predicted octanol–water partition coefficient (Wildman–Crippen LogP) is 8.97. The molecule has 0 atom stereocenters. The summed E-state index contributed by atoms with van der Waals surface area (Å²) in [6, 6.07) is 6.82. The Hall–Kier alpha value is -0.490. The lowest BCUT2D eigenvalue weighted by Crippen LogP contribution is -2.13. The molecule has 1 heteroatoms. The maximum absolute atomic E-state index is 6.74. The molecule has 0 radical (unpaired) electrons. The largest absolute Gasteiger partial charge is 0.115 e. The maximum Gasteiger partial charge on any atom is 0.0641 e. The third-order valence-corrected chi connectivity index (χ3v) is 5.70. The van der Waals surface area contributed by atoms with Gasteiger partial charge in [0.15, 0.2) is 0 Å². The summed E-state index contributed by atoms with van der Waals surface area (Å²) in [5.41, 5.74) is 4.47. The molecule has 0 bridgehead atoms. The molecule has 0 saturated heterocycles. The third-order valence-electron chi connectivity index (χ3n) is 5.49. The molecule has 0 unspecified atom stereocenters. The molecule has 0 nitrogen and oxygen atoms in total. The monoisotopic (exact) mass is 378 g/mol. The Morgan fingerprint density at radius 2 is 1.19 bits per heavy atom. The number of unbranched alkanes of at least 4 members (excludes halogenated alkanes) is 10. The summed E-state index contributed by atoms with van der Waals surface area (Å²) >= 11 is 6.74. The second-order valence-electron chi connectivity index (χ2n) is 8.45. The van der Waals surface area contributed by atoms with Crippen molar-refractivity contribution in [3.63, 3.8) is 0 Å². The fourth-order valence-electron chi connectivity index (χ4n) is 3.90. The predicted molar refractivity (Wildman–Crippen MR) is 119 cm³/mol. The SMILES string of the molecule is CCCCCCCCc1cccc(C(C)(C)Cl)c1CCCCCCCC. The van der Waals surface area contributed by atoms with E-state index >= 15 is 0 Å². The summed E-state index contributed by atoms with van der Waals surface area (Å²) in [7, 11) is 0. The summed E-state index contributed by atoms with van der Waals surface area (Å²) in [5, 5.41) is 0. The molecule has 26 heavy (non-hydrogen) atoms. The molecule has 0 aromatic heterocycles. The molecule has 0 spiro atoms. The first-order valence-corrected chi connectivity index (χ1v) is 11.7. The Balaban J connectivity index is 2.63. The highest BCUT2D eigenvalue weighted by Crippen LogP contribution is 2.33. The van der Waals surface area contributed by atoms with Crippen LogP contribution in [0.25, 0.3) is 0 Å². The minimum Gasteiger partial charge on any atom is -0.115 e. The molecule has 0 aliphatic carbocycles. The van der Waals surface area contributed by atoms with Gasteiger partial charge in [-0.1, -0.05) is 96.3 Å². The van der Waals surface area contributed by atoms with Gasteiger partial charge >= 0.3 is 0 Å². The quantitative estimate of drug-likeness (QED) is 0.211. The fraction of sp³-hybridized carbons (Fsp3) is 0.760. The van der Waals surface area contributed by atoms with E-state index in [9.17, 15) is 0 Å². The van der Waals surface area contributed by atoms with Gasteiger partial charge in [0.2, 0.25) is 0 Å². The number of hydrogen-bond acceptors (Lipinski definition) is 0. The van der Waals surface area contributed by atoms with Gasteiger partial charge in [-0.05, 0) is 56.2 Å². The van der Waals surface area contributed by atoms with Gasteiger partial charge < -0.3 is 0 Å². The normalized spacial score (nSPS) is 11.9. The number of benzene rings is 1. The Morgan fingerprint density at radius 1 is 0.692 bits per heavy atom. The van der Waals surface area contributed by atoms with Gasteiger partial charge in [-0.2, -0.15) is 0 Å². The third kappa shape index (κ3) is 9.45. The van der Waals surface area contributed by atoms with E-state index in [1.165, 1.54) is 95.5 Å². The first-order chi connectivity index (χ1) is 12.5. The number of aryl methyl sites for hydroxylation is 1. The van der Waals surface area contributed by atoms with E-state index in [0.717, 1.165) is 0 Å². The van der Waals surface area contributed by atoms with E-state index in [2.05, 4.69) is 45.9 Å². The van der Waals surface area contributed by atoms with E-state index in [0.29, 0.717) is 0 Å². The molecule has 1 aromatic rings. The van der Waals surface area contributed by atoms with Crippen molar-refractivity contribution >= 4 is 11.6 Å². The second kappa shape index (κ2) is 13.6. The van der Waals surface area contributed by atoms with Crippen molar-refractivity contribution in [1.82, 2.24) is 0 Å². The zero-order valence-corrected chi connectivity index (χ0v) is 18.8. The Morgan fingerprint density at radius 3 is 1.73 bits per heavy atom.